The molecule has 0 heterocycles. The minimum atomic E-state index is -0.0246. The van der Waals surface area contributed by atoms with E-state index in [-0.39, 0.29) is 11.5 Å². The molecule has 2 nitrogen and oxygen atoms in total. The maximum Gasteiger partial charge on any atom is 0.193 e. The van der Waals surface area contributed by atoms with E-state index in [1.165, 1.54) is 0 Å². The number of benzene rings is 2. The first-order valence-corrected chi connectivity index (χ1v) is 6.33. The number of aromatic hydroxyl groups is 1. The zero-order chi connectivity index (χ0) is 14.2. The van der Waals surface area contributed by atoms with Crippen molar-refractivity contribution in [3.63, 3.8) is 0 Å². The lowest BCUT2D eigenvalue weighted by atomic mass is 9.91. The fourth-order valence-corrected chi connectivity index (χ4v) is 2.54. The van der Waals surface area contributed by atoms with Gasteiger partial charge in [0, 0.05) is 16.7 Å². The van der Waals surface area contributed by atoms with Crippen LogP contribution in [0.5, 0.6) is 5.75 Å². The number of phenolic OH excluding ortho intramolecular Hbond substituents is 1. The van der Waals surface area contributed by atoms with Gasteiger partial charge in [-0.15, -0.1) is 0 Å². The molecule has 0 radical (unpaired) electrons. The van der Waals surface area contributed by atoms with Crippen molar-refractivity contribution in [3.05, 3.63) is 63.7 Å². The van der Waals surface area contributed by atoms with Crippen LogP contribution in [0.25, 0.3) is 0 Å². The van der Waals surface area contributed by atoms with Crippen LogP contribution in [-0.4, -0.2) is 10.9 Å². The van der Waals surface area contributed by atoms with Crippen LogP contribution in [0.2, 0.25) is 0 Å². The molecule has 0 spiro atoms. The van der Waals surface area contributed by atoms with Crippen LogP contribution < -0.4 is 0 Å². The Kier molecular flexibility index (Phi) is 3.43. The number of carbonyl (C=O) groups is 1. The molecule has 2 rings (SSSR count). The molecule has 0 aromatic heterocycles. The van der Waals surface area contributed by atoms with E-state index in [1.54, 1.807) is 25.1 Å². The highest BCUT2D eigenvalue weighted by Gasteiger charge is 2.17. The van der Waals surface area contributed by atoms with Gasteiger partial charge in [0.25, 0.3) is 0 Å². The van der Waals surface area contributed by atoms with E-state index in [0.717, 1.165) is 22.3 Å². The summed E-state index contributed by atoms with van der Waals surface area (Å²) in [5.41, 5.74) is 5.04. The van der Waals surface area contributed by atoms with Crippen molar-refractivity contribution in [2.75, 3.05) is 0 Å². The summed E-state index contributed by atoms with van der Waals surface area (Å²) < 4.78 is 0. The van der Waals surface area contributed by atoms with Crippen LogP contribution >= 0.6 is 0 Å². The smallest absolute Gasteiger partial charge is 0.193 e. The van der Waals surface area contributed by atoms with Crippen molar-refractivity contribution < 1.29 is 9.90 Å². The van der Waals surface area contributed by atoms with E-state index < -0.39 is 0 Å². The van der Waals surface area contributed by atoms with E-state index in [2.05, 4.69) is 0 Å². The summed E-state index contributed by atoms with van der Waals surface area (Å²) in [5.74, 6) is 0.136. The number of hydrogen-bond donors (Lipinski definition) is 1. The first-order valence-electron chi connectivity index (χ1n) is 6.33. The van der Waals surface area contributed by atoms with Gasteiger partial charge in [0.2, 0.25) is 0 Å². The highest BCUT2D eigenvalue weighted by molar-refractivity contribution is 6.12. The summed E-state index contributed by atoms with van der Waals surface area (Å²) >= 11 is 0. The first kappa shape index (κ1) is 13.3. The monoisotopic (exact) mass is 254 g/mol. The Hall–Kier alpha value is -2.09. The number of carbonyl (C=O) groups excluding carboxylic acids is 1. The van der Waals surface area contributed by atoms with Gasteiger partial charge in [0.05, 0.1) is 0 Å². The molecule has 0 aliphatic carbocycles. The van der Waals surface area contributed by atoms with E-state index in [0.29, 0.717) is 11.1 Å². The molecule has 0 unspecified atom stereocenters. The summed E-state index contributed by atoms with van der Waals surface area (Å²) in [6.45, 7) is 7.69. The predicted molar refractivity (Wildman–Crippen MR) is 76.9 cm³/mol. The van der Waals surface area contributed by atoms with Crippen molar-refractivity contribution in [3.8, 4) is 5.75 Å². The van der Waals surface area contributed by atoms with Gasteiger partial charge in [-0.2, -0.15) is 0 Å². The van der Waals surface area contributed by atoms with Gasteiger partial charge < -0.3 is 5.11 Å². The van der Waals surface area contributed by atoms with Crippen molar-refractivity contribution >= 4 is 5.78 Å². The second-order valence-electron chi connectivity index (χ2n) is 5.05. The Balaban J connectivity index is 2.60. The second-order valence-corrected chi connectivity index (χ2v) is 5.05. The molecular weight excluding hydrogens is 236 g/mol. The Morgan fingerprint density at radius 3 is 2.16 bits per heavy atom. The van der Waals surface area contributed by atoms with Crippen molar-refractivity contribution in [2.45, 2.75) is 27.7 Å². The second kappa shape index (κ2) is 4.88. The maximum absolute atomic E-state index is 12.7. The fourth-order valence-electron chi connectivity index (χ4n) is 2.54. The first-order chi connectivity index (χ1) is 8.91. The van der Waals surface area contributed by atoms with Crippen LogP contribution in [0.15, 0.2) is 30.3 Å². The van der Waals surface area contributed by atoms with E-state index in [1.807, 2.05) is 32.9 Å². The number of aryl methyl sites for hydroxylation is 3. The average Bonchev–Trinajstić information content (AvgIpc) is 2.31. The SMILES string of the molecule is Cc1cc(C)c(C(=O)c2cccc(O)c2C)c(C)c1. The highest BCUT2D eigenvalue weighted by Crippen LogP contribution is 2.25. The Bertz CT molecular complexity index is 631. The molecule has 1 N–H and O–H groups in total. The molecule has 2 aromatic rings. The molecule has 0 bridgehead atoms. The summed E-state index contributed by atoms with van der Waals surface area (Å²) in [5, 5.41) is 9.73. The Morgan fingerprint density at radius 2 is 1.58 bits per heavy atom. The number of hydrogen-bond acceptors (Lipinski definition) is 2. The summed E-state index contributed by atoms with van der Waals surface area (Å²) in [4.78, 5) is 12.7. The third-order valence-electron chi connectivity index (χ3n) is 3.45. The topological polar surface area (TPSA) is 37.3 Å². The lowest BCUT2D eigenvalue weighted by Crippen LogP contribution is -2.08. The lowest BCUT2D eigenvalue weighted by Gasteiger charge is -2.12. The van der Waals surface area contributed by atoms with Gasteiger partial charge in [-0.1, -0.05) is 29.8 Å². The molecule has 0 aliphatic heterocycles. The normalized spacial score (nSPS) is 10.5. The van der Waals surface area contributed by atoms with Crippen LogP contribution in [0.4, 0.5) is 0 Å². The van der Waals surface area contributed by atoms with E-state index >= 15 is 0 Å². The van der Waals surface area contributed by atoms with Gasteiger partial charge in [-0.3, -0.25) is 4.79 Å². The van der Waals surface area contributed by atoms with Crippen LogP contribution in [0.1, 0.15) is 38.2 Å². The minimum Gasteiger partial charge on any atom is -0.508 e. The minimum absolute atomic E-state index is 0.0246. The van der Waals surface area contributed by atoms with Crippen LogP contribution in [0.3, 0.4) is 0 Å². The van der Waals surface area contributed by atoms with Crippen molar-refractivity contribution in [2.24, 2.45) is 0 Å². The molecule has 0 saturated heterocycles. The van der Waals surface area contributed by atoms with Crippen molar-refractivity contribution in [1.82, 2.24) is 0 Å². The molecule has 19 heavy (non-hydrogen) atoms. The molecular formula is C17H18O2. The van der Waals surface area contributed by atoms with Gasteiger partial charge in [-0.25, -0.2) is 0 Å². The van der Waals surface area contributed by atoms with Crippen molar-refractivity contribution in [1.29, 1.82) is 0 Å². The largest absolute Gasteiger partial charge is 0.508 e. The average molecular weight is 254 g/mol. The molecule has 0 aliphatic rings. The fraction of sp³-hybridized carbons (Fsp3) is 0.235. The summed E-state index contributed by atoms with van der Waals surface area (Å²) in [6.07, 6.45) is 0. The van der Waals surface area contributed by atoms with E-state index in [9.17, 15) is 9.90 Å². The van der Waals surface area contributed by atoms with Gasteiger partial charge in [0.15, 0.2) is 5.78 Å². The molecule has 2 aromatic carbocycles. The predicted octanol–water partition coefficient (Wildman–Crippen LogP) is 3.86. The van der Waals surface area contributed by atoms with Gasteiger partial charge in [-0.05, 0) is 44.9 Å². The molecule has 98 valence electrons. The zero-order valence-electron chi connectivity index (χ0n) is 11.7. The number of ketones is 1. The zero-order valence-corrected chi connectivity index (χ0v) is 11.7. The molecule has 0 atom stereocenters. The Morgan fingerprint density at radius 1 is 1.00 bits per heavy atom. The molecule has 0 fully saturated rings. The van der Waals surface area contributed by atoms with Crippen LogP contribution in [0, 0.1) is 27.7 Å². The third-order valence-corrected chi connectivity index (χ3v) is 3.45. The van der Waals surface area contributed by atoms with Gasteiger partial charge >= 0.3 is 0 Å². The summed E-state index contributed by atoms with van der Waals surface area (Å²) in [6, 6.07) is 9.09. The summed E-state index contributed by atoms with van der Waals surface area (Å²) in [7, 11) is 0. The molecule has 0 saturated carbocycles. The maximum atomic E-state index is 12.7. The lowest BCUT2D eigenvalue weighted by molar-refractivity contribution is 0.103. The number of rotatable bonds is 2. The quantitative estimate of drug-likeness (QED) is 0.826. The van der Waals surface area contributed by atoms with Crippen LogP contribution in [-0.2, 0) is 0 Å². The van der Waals surface area contributed by atoms with E-state index in [4.69, 9.17) is 0 Å². The standard InChI is InChI=1S/C17H18O2/c1-10-8-11(2)16(12(3)9-10)17(19)14-6-5-7-15(18)13(14)4/h5-9,18H,1-4H3. The number of phenols is 1. The highest BCUT2D eigenvalue weighted by atomic mass is 16.3. The molecule has 2 heteroatoms. The molecule has 0 amide bonds. The third kappa shape index (κ3) is 2.39. The van der Waals surface area contributed by atoms with Gasteiger partial charge in [0.1, 0.15) is 5.75 Å². The Labute approximate surface area is 113 Å².